The Morgan fingerprint density at radius 2 is 2.15 bits per heavy atom. The van der Waals surface area contributed by atoms with Crippen LogP contribution in [-0.4, -0.2) is 11.9 Å². The van der Waals surface area contributed by atoms with Gasteiger partial charge in [-0.05, 0) is 44.2 Å². The highest BCUT2D eigenvalue weighted by Crippen LogP contribution is 2.21. The fraction of sp³-hybridized carbons (Fsp3) is 0.267. The predicted octanol–water partition coefficient (Wildman–Crippen LogP) is 4.83. The molecule has 1 unspecified atom stereocenters. The van der Waals surface area contributed by atoms with Crippen LogP contribution < -0.4 is 5.32 Å². The van der Waals surface area contributed by atoms with Gasteiger partial charge in [0.1, 0.15) is 0 Å². The zero-order valence-corrected chi connectivity index (χ0v) is 14.4. The lowest BCUT2D eigenvalue weighted by molar-refractivity contribution is 0.0940. The summed E-state index contributed by atoms with van der Waals surface area (Å²) in [6.45, 7) is 4.08. The molecule has 0 spiro atoms. The average molecular weight is 373 g/mol. The Labute approximate surface area is 136 Å². The molecular weight excluding hydrogens is 358 g/mol. The summed E-state index contributed by atoms with van der Waals surface area (Å²) >= 11 is 11.2. The Kier molecular flexibility index (Phi) is 5.24. The molecule has 2 rings (SSSR count). The lowest BCUT2D eigenvalue weighted by Gasteiger charge is -2.14. The molecule has 1 amide bonds. The van der Waals surface area contributed by atoms with Crippen molar-refractivity contribution in [2.75, 3.05) is 0 Å². The highest BCUT2D eigenvalue weighted by molar-refractivity contribution is 9.10. The zero-order valence-electron chi connectivity index (χ0n) is 11.2. The lowest BCUT2D eigenvalue weighted by Crippen LogP contribution is -2.34. The van der Waals surface area contributed by atoms with E-state index in [1.54, 1.807) is 23.5 Å². The Morgan fingerprint density at radius 1 is 1.40 bits per heavy atom. The van der Waals surface area contributed by atoms with Crippen molar-refractivity contribution in [1.82, 2.24) is 5.32 Å². The van der Waals surface area contributed by atoms with Gasteiger partial charge in [0, 0.05) is 26.7 Å². The van der Waals surface area contributed by atoms with Crippen LogP contribution in [0.5, 0.6) is 0 Å². The molecule has 2 aromatic rings. The van der Waals surface area contributed by atoms with Gasteiger partial charge >= 0.3 is 0 Å². The van der Waals surface area contributed by atoms with E-state index in [0.29, 0.717) is 10.6 Å². The molecule has 0 aliphatic carbocycles. The summed E-state index contributed by atoms with van der Waals surface area (Å²) in [5.41, 5.74) is 0.496. The number of carbonyl (C=O) groups excluding carboxylic acids is 1. The molecule has 2 nitrogen and oxygen atoms in total. The van der Waals surface area contributed by atoms with E-state index < -0.39 is 0 Å². The van der Waals surface area contributed by atoms with Crippen LogP contribution in [0, 0.1) is 6.92 Å². The standard InChI is InChI=1S/C15H15BrClNOS/c1-9(7-12-5-3-10(2)20-12)18-15(19)13-8-11(16)4-6-14(13)17/h3-6,8-9H,7H2,1-2H3,(H,18,19). The highest BCUT2D eigenvalue weighted by Gasteiger charge is 2.14. The molecule has 0 fully saturated rings. The first-order valence-corrected chi connectivity index (χ1v) is 8.25. The van der Waals surface area contributed by atoms with E-state index in [4.69, 9.17) is 11.6 Å². The molecule has 106 valence electrons. The van der Waals surface area contributed by atoms with E-state index in [0.717, 1.165) is 10.9 Å². The van der Waals surface area contributed by atoms with Gasteiger partial charge in [-0.15, -0.1) is 11.3 Å². The number of carbonyl (C=O) groups is 1. The molecule has 1 heterocycles. The Hall–Kier alpha value is -0.840. The summed E-state index contributed by atoms with van der Waals surface area (Å²) < 4.78 is 0.841. The van der Waals surface area contributed by atoms with Gasteiger partial charge in [-0.1, -0.05) is 27.5 Å². The number of aryl methyl sites for hydroxylation is 1. The molecular formula is C15H15BrClNOS. The van der Waals surface area contributed by atoms with Crippen LogP contribution in [0.15, 0.2) is 34.8 Å². The van der Waals surface area contributed by atoms with Crippen LogP contribution in [0.3, 0.4) is 0 Å². The van der Waals surface area contributed by atoms with Crippen LogP contribution in [0.1, 0.15) is 27.0 Å². The minimum atomic E-state index is -0.142. The molecule has 1 aromatic carbocycles. The summed E-state index contributed by atoms with van der Waals surface area (Å²) in [7, 11) is 0. The second-order valence-corrected chi connectivity index (χ2v) is 7.41. The fourth-order valence-electron chi connectivity index (χ4n) is 1.92. The normalized spacial score (nSPS) is 12.2. The minimum absolute atomic E-state index is 0.0654. The second-order valence-electron chi connectivity index (χ2n) is 4.72. The molecule has 0 radical (unpaired) electrons. The van der Waals surface area contributed by atoms with Gasteiger partial charge in [-0.2, -0.15) is 0 Å². The van der Waals surface area contributed by atoms with E-state index in [1.807, 2.05) is 13.0 Å². The summed E-state index contributed by atoms with van der Waals surface area (Å²) in [6, 6.07) is 9.54. The summed E-state index contributed by atoms with van der Waals surface area (Å²) in [6.07, 6.45) is 0.829. The molecule has 1 aromatic heterocycles. The van der Waals surface area contributed by atoms with Gasteiger partial charge in [0.25, 0.3) is 5.91 Å². The highest BCUT2D eigenvalue weighted by atomic mass is 79.9. The third-order valence-corrected chi connectivity index (χ3v) is 4.70. The van der Waals surface area contributed by atoms with Crippen LogP contribution in [-0.2, 0) is 6.42 Å². The van der Waals surface area contributed by atoms with Crippen molar-refractivity contribution >= 4 is 44.8 Å². The Balaban J connectivity index is 2.02. The maximum Gasteiger partial charge on any atom is 0.253 e. The lowest BCUT2D eigenvalue weighted by atomic mass is 10.1. The largest absolute Gasteiger partial charge is 0.349 e. The van der Waals surface area contributed by atoms with E-state index in [9.17, 15) is 4.79 Å². The quantitative estimate of drug-likeness (QED) is 0.818. The third-order valence-electron chi connectivity index (χ3n) is 2.85. The summed E-state index contributed by atoms with van der Waals surface area (Å²) in [5, 5.41) is 3.45. The summed E-state index contributed by atoms with van der Waals surface area (Å²) in [4.78, 5) is 14.8. The van der Waals surface area contributed by atoms with E-state index in [2.05, 4.69) is 40.3 Å². The van der Waals surface area contributed by atoms with Crippen molar-refractivity contribution < 1.29 is 4.79 Å². The Morgan fingerprint density at radius 3 is 2.80 bits per heavy atom. The van der Waals surface area contributed by atoms with E-state index in [1.165, 1.54) is 9.75 Å². The molecule has 1 N–H and O–H groups in total. The molecule has 0 bridgehead atoms. The second kappa shape index (κ2) is 6.74. The van der Waals surface area contributed by atoms with Gasteiger partial charge in [-0.3, -0.25) is 4.79 Å². The van der Waals surface area contributed by atoms with Gasteiger partial charge < -0.3 is 5.32 Å². The van der Waals surface area contributed by atoms with Crippen LogP contribution in [0.4, 0.5) is 0 Å². The van der Waals surface area contributed by atoms with Gasteiger partial charge in [0.05, 0.1) is 10.6 Å². The molecule has 1 atom stereocenters. The number of amides is 1. The van der Waals surface area contributed by atoms with Gasteiger partial charge in [0.2, 0.25) is 0 Å². The number of benzene rings is 1. The molecule has 0 saturated carbocycles. The molecule has 0 aliphatic rings. The first kappa shape index (κ1) is 15.5. The number of thiophene rings is 1. The number of hydrogen-bond acceptors (Lipinski definition) is 2. The predicted molar refractivity (Wildman–Crippen MR) is 88.8 cm³/mol. The van der Waals surface area contributed by atoms with Gasteiger partial charge in [-0.25, -0.2) is 0 Å². The zero-order chi connectivity index (χ0) is 14.7. The molecule has 0 saturated heterocycles. The SMILES string of the molecule is Cc1ccc(CC(C)NC(=O)c2cc(Br)ccc2Cl)s1. The van der Waals surface area contributed by atoms with Crippen molar-refractivity contribution in [3.8, 4) is 0 Å². The number of halogens is 2. The van der Waals surface area contributed by atoms with Crippen LogP contribution in [0.25, 0.3) is 0 Å². The Bertz CT molecular complexity index is 626. The van der Waals surface area contributed by atoms with Crippen molar-refractivity contribution in [1.29, 1.82) is 0 Å². The minimum Gasteiger partial charge on any atom is -0.349 e. The monoisotopic (exact) mass is 371 g/mol. The molecule has 5 heteroatoms. The number of hydrogen-bond donors (Lipinski definition) is 1. The summed E-state index contributed by atoms with van der Waals surface area (Å²) in [5.74, 6) is -0.142. The maximum absolute atomic E-state index is 12.2. The first-order valence-electron chi connectivity index (χ1n) is 6.27. The fourth-order valence-corrected chi connectivity index (χ4v) is 3.50. The first-order chi connectivity index (χ1) is 9.45. The number of nitrogens with one attached hydrogen (secondary N) is 1. The molecule has 20 heavy (non-hydrogen) atoms. The van der Waals surface area contributed by atoms with E-state index in [-0.39, 0.29) is 11.9 Å². The number of rotatable bonds is 4. The van der Waals surface area contributed by atoms with Crippen molar-refractivity contribution in [2.45, 2.75) is 26.3 Å². The average Bonchev–Trinajstić information content (AvgIpc) is 2.77. The topological polar surface area (TPSA) is 29.1 Å². The van der Waals surface area contributed by atoms with Crippen molar-refractivity contribution in [3.63, 3.8) is 0 Å². The van der Waals surface area contributed by atoms with E-state index >= 15 is 0 Å². The third kappa shape index (κ3) is 4.08. The van der Waals surface area contributed by atoms with Crippen LogP contribution >= 0.6 is 38.9 Å². The van der Waals surface area contributed by atoms with Crippen molar-refractivity contribution in [2.24, 2.45) is 0 Å². The van der Waals surface area contributed by atoms with Crippen molar-refractivity contribution in [3.05, 3.63) is 55.1 Å². The maximum atomic E-state index is 12.2. The van der Waals surface area contributed by atoms with Gasteiger partial charge in [0.15, 0.2) is 0 Å². The smallest absolute Gasteiger partial charge is 0.253 e. The molecule has 0 aliphatic heterocycles. The van der Waals surface area contributed by atoms with Crippen LogP contribution in [0.2, 0.25) is 5.02 Å².